The fourth-order valence-corrected chi connectivity index (χ4v) is 4.97. The fraction of sp³-hybridized carbons (Fsp3) is 0.385. The number of aryl methyl sites for hydroxylation is 1. The molecule has 0 radical (unpaired) electrons. The van der Waals surface area contributed by atoms with Crippen LogP contribution in [0.5, 0.6) is 0 Å². The summed E-state index contributed by atoms with van der Waals surface area (Å²) in [4.78, 5) is 12.0. The van der Waals surface area contributed by atoms with Crippen LogP contribution in [0.3, 0.4) is 0 Å². The zero-order chi connectivity index (χ0) is 21.1. The molecule has 0 bridgehead atoms. The molecule has 0 fully saturated rings. The van der Waals surface area contributed by atoms with Gasteiger partial charge in [-0.1, -0.05) is 56.9 Å². The van der Waals surface area contributed by atoms with Gasteiger partial charge in [0.2, 0.25) is 0 Å². The summed E-state index contributed by atoms with van der Waals surface area (Å²) in [5.41, 5.74) is 5.45. The first-order valence-electron chi connectivity index (χ1n) is 11.0. The lowest BCUT2D eigenvalue weighted by atomic mass is 9.83. The monoisotopic (exact) mass is 400 g/mol. The first kappa shape index (κ1) is 20.2. The van der Waals surface area contributed by atoms with Gasteiger partial charge in [-0.3, -0.25) is 0 Å². The molecule has 1 unspecified atom stereocenters. The molecule has 0 amide bonds. The zero-order valence-corrected chi connectivity index (χ0v) is 17.5. The molecular formula is C26H28N2O2. The summed E-state index contributed by atoms with van der Waals surface area (Å²) >= 11 is 0. The number of fused-ring (bicyclic) bond motifs is 3. The third-order valence-corrected chi connectivity index (χ3v) is 6.43. The summed E-state index contributed by atoms with van der Waals surface area (Å²) in [5, 5.41) is 20.2. The van der Waals surface area contributed by atoms with Crippen molar-refractivity contribution in [2.75, 3.05) is 0 Å². The van der Waals surface area contributed by atoms with E-state index in [1.54, 1.807) is 12.1 Å². The van der Waals surface area contributed by atoms with Crippen molar-refractivity contribution in [2.24, 2.45) is 5.92 Å². The molecule has 0 aliphatic heterocycles. The molecule has 0 spiro atoms. The number of hydrogen-bond acceptors (Lipinski definition) is 2. The summed E-state index contributed by atoms with van der Waals surface area (Å²) in [7, 11) is 0. The van der Waals surface area contributed by atoms with Gasteiger partial charge < -0.3 is 9.67 Å². The maximum atomic E-state index is 12.0. The molecule has 30 heavy (non-hydrogen) atoms. The Labute approximate surface area is 177 Å². The summed E-state index contributed by atoms with van der Waals surface area (Å²) in [5.74, 6) is -0.229. The Kier molecular flexibility index (Phi) is 5.90. The lowest BCUT2D eigenvalue weighted by Gasteiger charge is -2.24. The van der Waals surface area contributed by atoms with E-state index in [1.807, 2.05) is 24.3 Å². The summed E-state index contributed by atoms with van der Waals surface area (Å²) < 4.78 is 2.22. The van der Waals surface area contributed by atoms with Crippen LogP contribution in [-0.2, 0) is 19.4 Å². The summed E-state index contributed by atoms with van der Waals surface area (Å²) in [6.45, 7) is 2.83. The van der Waals surface area contributed by atoms with Gasteiger partial charge in [-0.05, 0) is 54.5 Å². The normalized spacial score (nSPS) is 15.7. The maximum absolute atomic E-state index is 12.0. The number of carboxylic acids is 1. The van der Waals surface area contributed by atoms with E-state index in [0.29, 0.717) is 23.6 Å². The Balaban J connectivity index is 1.81. The number of rotatable bonds is 7. The molecule has 0 saturated carbocycles. The Hall–Kier alpha value is -3.06. The second kappa shape index (κ2) is 8.75. The second-order valence-corrected chi connectivity index (χ2v) is 8.44. The number of carbonyl (C=O) groups is 1. The largest absolute Gasteiger partial charge is 0.478 e. The molecule has 1 heterocycles. The van der Waals surface area contributed by atoms with Crippen LogP contribution >= 0.6 is 0 Å². The number of nitriles is 1. The summed E-state index contributed by atoms with van der Waals surface area (Å²) in [6, 6.07) is 15.5. The highest BCUT2D eigenvalue weighted by Crippen LogP contribution is 2.37. The van der Waals surface area contributed by atoms with E-state index < -0.39 is 5.97 Å². The van der Waals surface area contributed by atoms with Crippen LogP contribution in [0.2, 0.25) is 0 Å². The molecule has 1 aliphatic carbocycles. The molecule has 2 aromatic carbocycles. The topological polar surface area (TPSA) is 66.0 Å². The molecule has 1 aliphatic rings. The Morgan fingerprint density at radius 1 is 1.23 bits per heavy atom. The van der Waals surface area contributed by atoms with Gasteiger partial charge in [0.05, 0.1) is 22.7 Å². The number of nitrogens with zero attached hydrogens (tertiary/aromatic N) is 2. The van der Waals surface area contributed by atoms with Crippen LogP contribution < -0.4 is 0 Å². The smallest absolute Gasteiger partial charge is 0.337 e. The highest BCUT2D eigenvalue weighted by Gasteiger charge is 2.27. The molecule has 0 saturated heterocycles. The minimum atomic E-state index is -0.887. The quantitative estimate of drug-likeness (QED) is 0.499. The zero-order valence-electron chi connectivity index (χ0n) is 17.5. The minimum Gasteiger partial charge on any atom is -0.478 e. The van der Waals surface area contributed by atoms with Crippen molar-refractivity contribution < 1.29 is 9.90 Å². The maximum Gasteiger partial charge on any atom is 0.337 e. The lowest BCUT2D eigenvalue weighted by Crippen LogP contribution is -2.17. The van der Waals surface area contributed by atoms with Crippen molar-refractivity contribution in [1.82, 2.24) is 4.57 Å². The fourth-order valence-electron chi connectivity index (χ4n) is 4.97. The van der Waals surface area contributed by atoms with Gasteiger partial charge in [-0.15, -0.1) is 0 Å². The van der Waals surface area contributed by atoms with Crippen molar-refractivity contribution >= 4 is 16.9 Å². The van der Waals surface area contributed by atoms with E-state index >= 15 is 0 Å². The first-order chi connectivity index (χ1) is 14.6. The average Bonchev–Trinajstić information content (AvgIpc) is 3.07. The molecule has 1 atom stereocenters. The molecular weight excluding hydrogens is 372 g/mol. The predicted molar refractivity (Wildman–Crippen MR) is 119 cm³/mol. The van der Waals surface area contributed by atoms with Crippen molar-refractivity contribution in [3.05, 3.63) is 70.4 Å². The van der Waals surface area contributed by atoms with E-state index in [-0.39, 0.29) is 0 Å². The average molecular weight is 401 g/mol. The molecule has 1 aromatic heterocycles. The molecule has 3 aromatic rings. The second-order valence-electron chi connectivity index (χ2n) is 8.44. The number of benzene rings is 2. The highest BCUT2D eigenvalue weighted by molar-refractivity contribution is 6.04. The Morgan fingerprint density at radius 2 is 2.07 bits per heavy atom. The molecule has 154 valence electrons. The predicted octanol–water partition coefficient (Wildman–Crippen LogP) is 5.94. The molecule has 4 rings (SSSR count). The Bertz CT molecular complexity index is 1120. The highest BCUT2D eigenvalue weighted by atomic mass is 16.4. The van der Waals surface area contributed by atoms with Gasteiger partial charge >= 0.3 is 5.97 Å². The number of aromatic nitrogens is 1. The van der Waals surface area contributed by atoms with E-state index in [9.17, 15) is 15.2 Å². The number of unbranched alkanes of at least 4 members (excludes halogenated alkanes) is 2. The number of carboxylic acid groups (broad SMARTS) is 1. The summed E-state index contributed by atoms with van der Waals surface area (Å²) in [6.07, 6.45) is 8.20. The lowest BCUT2D eigenvalue weighted by molar-refractivity contribution is 0.0698. The molecule has 4 nitrogen and oxygen atoms in total. The number of hydrogen-bond donors (Lipinski definition) is 1. The van der Waals surface area contributed by atoms with Crippen LogP contribution in [-0.4, -0.2) is 15.6 Å². The van der Waals surface area contributed by atoms with Gasteiger partial charge in [-0.2, -0.15) is 5.26 Å². The van der Waals surface area contributed by atoms with E-state index in [2.05, 4.69) is 23.6 Å². The number of aromatic carboxylic acids is 1. The van der Waals surface area contributed by atoms with Crippen LogP contribution in [0.4, 0.5) is 0 Å². The van der Waals surface area contributed by atoms with E-state index in [4.69, 9.17) is 0 Å². The standard InChI is InChI=1S/C26H28N2O2/c1-2-3-4-7-18-12-13-21-22-10-6-11-23(26(29)30)25(22)28(24(21)15-18)17-20-9-5-8-19(14-20)16-27/h5-6,8-11,14,18H,2-4,7,12-13,15,17H2,1H3,(H,29,30). The van der Waals surface area contributed by atoms with Crippen molar-refractivity contribution in [3.8, 4) is 6.07 Å². The van der Waals surface area contributed by atoms with Gasteiger partial charge in [-0.25, -0.2) is 4.79 Å². The molecule has 4 heteroatoms. The van der Waals surface area contributed by atoms with Crippen molar-refractivity contribution in [1.29, 1.82) is 5.26 Å². The van der Waals surface area contributed by atoms with E-state index in [0.717, 1.165) is 29.3 Å². The SMILES string of the molecule is CCCCCC1CCc2c(n(Cc3cccc(C#N)c3)c3c(C(=O)O)cccc23)C1. The van der Waals surface area contributed by atoms with Gasteiger partial charge in [0.1, 0.15) is 0 Å². The van der Waals surface area contributed by atoms with Gasteiger partial charge in [0, 0.05) is 17.6 Å². The number of para-hydroxylation sites is 1. The van der Waals surface area contributed by atoms with Crippen molar-refractivity contribution in [2.45, 2.75) is 58.4 Å². The van der Waals surface area contributed by atoms with Crippen LogP contribution in [0.1, 0.15) is 71.8 Å². The van der Waals surface area contributed by atoms with Crippen LogP contribution in [0, 0.1) is 17.2 Å². The Morgan fingerprint density at radius 3 is 2.83 bits per heavy atom. The molecule has 1 N–H and O–H groups in total. The van der Waals surface area contributed by atoms with Crippen molar-refractivity contribution in [3.63, 3.8) is 0 Å². The van der Waals surface area contributed by atoms with E-state index in [1.165, 1.54) is 43.4 Å². The van der Waals surface area contributed by atoms with Crippen LogP contribution in [0.25, 0.3) is 10.9 Å². The third kappa shape index (κ3) is 3.85. The van der Waals surface area contributed by atoms with Gasteiger partial charge in [0.15, 0.2) is 0 Å². The third-order valence-electron chi connectivity index (χ3n) is 6.43. The van der Waals surface area contributed by atoms with Gasteiger partial charge in [0.25, 0.3) is 0 Å². The minimum absolute atomic E-state index is 0.362. The first-order valence-corrected chi connectivity index (χ1v) is 11.0. The van der Waals surface area contributed by atoms with Crippen LogP contribution in [0.15, 0.2) is 42.5 Å².